The monoisotopic (exact) mass is 402 g/mol. The minimum Gasteiger partial charge on any atom is -0.476 e. The van der Waals surface area contributed by atoms with Crippen molar-refractivity contribution < 1.29 is 17.9 Å². The van der Waals surface area contributed by atoms with E-state index in [1.54, 1.807) is 12.1 Å². The number of aryl methyl sites for hydroxylation is 2. The van der Waals surface area contributed by atoms with Gasteiger partial charge in [-0.2, -0.15) is 0 Å². The van der Waals surface area contributed by atoms with E-state index < -0.39 is 16.1 Å². The second-order valence-corrected chi connectivity index (χ2v) is 9.46. The van der Waals surface area contributed by atoms with Gasteiger partial charge in [0.15, 0.2) is 6.10 Å². The molecule has 0 fully saturated rings. The Kier molecular flexibility index (Phi) is 5.39. The SMILES string of the molecule is Cc1ccc2c(c1)N(S(C)(=O)=O)C[C@@H](C(=O)Nc1c(C)cccc1C(C)C)O2. The predicted octanol–water partition coefficient (Wildman–Crippen LogP) is 3.59. The molecule has 1 atom stereocenters. The van der Waals surface area contributed by atoms with Gasteiger partial charge in [-0.25, -0.2) is 8.42 Å². The standard InChI is InChI=1S/C21H26N2O4S/c1-13(2)16-8-6-7-15(4)20(16)22-21(24)19-12-23(28(5,25)26)17-11-14(3)9-10-18(17)27-19/h6-11,13,19H,12H2,1-5H3,(H,22,24)/t19-/m0/s1. The van der Waals surface area contributed by atoms with Crippen molar-refractivity contribution in [2.45, 2.75) is 39.7 Å². The molecule has 1 N–H and O–H groups in total. The van der Waals surface area contributed by atoms with E-state index in [9.17, 15) is 13.2 Å². The lowest BCUT2D eigenvalue weighted by Gasteiger charge is -2.34. The van der Waals surface area contributed by atoms with E-state index in [2.05, 4.69) is 19.2 Å². The van der Waals surface area contributed by atoms with Gasteiger partial charge in [0.1, 0.15) is 5.75 Å². The summed E-state index contributed by atoms with van der Waals surface area (Å²) in [5, 5.41) is 2.96. The Morgan fingerprint density at radius 3 is 2.57 bits per heavy atom. The number of carbonyl (C=O) groups is 1. The number of nitrogens with one attached hydrogen (secondary N) is 1. The highest BCUT2D eigenvalue weighted by Gasteiger charge is 2.35. The average molecular weight is 403 g/mol. The van der Waals surface area contributed by atoms with Crippen molar-refractivity contribution in [1.82, 2.24) is 0 Å². The molecule has 28 heavy (non-hydrogen) atoms. The summed E-state index contributed by atoms with van der Waals surface area (Å²) in [6.07, 6.45) is 0.196. The molecule has 2 aromatic carbocycles. The first kappa shape index (κ1) is 20.2. The van der Waals surface area contributed by atoms with Crippen molar-refractivity contribution in [3.63, 3.8) is 0 Å². The molecule has 150 valence electrons. The Morgan fingerprint density at radius 2 is 1.93 bits per heavy atom. The lowest BCUT2D eigenvalue weighted by molar-refractivity contribution is -0.122. The molecule has 0 aromatic heterocycles. The van der Waals surface area contributed by atoms with Gasteiger partial charge >= 0.3 is 0 Å². The number of hydrogen-bond acceptors (Lipinski definition) is 4. The molecule has 0 radical (unpaired) electrons. The molecule has 1 aliphatic rings. The molecule has 0 aliphatic carbocycles. The molecule has 2 aromatic rings. The maximum absolute atomic E-state index is 13.0. The number of hydrogen-bond donors (Lipinski definition) is 1. The zero-order chi connectivity index (χ0) is 20.6. The van der Waals surface area contributed by atoms with Gasteiger partial charge in [0, 0.05) is 5.69 Å². The molecule has 0 saturated carbocycles. The van der Waals surface area contributed by atoms with Crippen LogP contribution in [0.15, 0.2) is 36.4 Å². The summed E-state index contributed by atoms with van der Waals surface area (Å²) < 4.78 is 31.8. The normalized spacial score (nSPS) is 16.5. The summed E-state index contributed by atoms with van der Waals surface area (Å²) in [5.74, 6) is 0.256. The zero-order valence-electron chi connectivity index (χ0n) is 16.8. The van der Waals surface area contributed by atoms with Gasteiger partial charge in [0.05, 0.1) is 18.5 Å². The molecular formula is C21H26N2O4S. The Hall–Kier alpha value is -2.54. The number of amides is 1. The molecule has 6 nitrogen and oxygen atoms in total. The Balaban J connectivity index is 1.93. The lowest BCUT2D eigenvalue weighted by Crippen LogP contribution is -2.48. The summed E-state index contributed by atoms with van der Waals surface area (Å²) in [5.41, 5.74) is 4.11. The fraction of sp³-hybridized carbons (Fsp3) is 0.381. The van der Waals surface area contributed by atoms with Crippen LogP contribution in [0.25, 0.3) is 0 Å². The maximum atomic E-state index is 13.0. The highest BCUT2D eigenvalue weighted by atomic mass is 32.2. The number of fused-ring (bicyclic) bond motifs is 1. The van der Waals surface area contributed by atoms with Crippen molar-refractivity contribution in [2.24, 2.45) is 0 Å². The minimum atomic E-state index is -3.55. The molecule has 1 amide bonds. The number of rotatable bonds is 4. The van der Waals surface area contributed by atoms with Gasteiger partial charge in [0.2, 0.25) is 10.0 Å². The van der Waals surface area contributed by atoms with Crippen LogP contribution < -0.4 is 14.4 Å². The van der Waals surface area contributed by atoms with Crippen LogP contribution in [0.5, 0.6) is 5.75 Å². The molecule has 3 rings (SSSR count). The van der Waals surface area contributed by atoms with Crippen LogP contribution in [0, 0.1) is 13.8 Å². The Labute approximate surface area is 166 Å². The second kappa shape index (κ2) is 7.47. The topological polar surface area (TPSA) is 75.7 Å². The summed E-state index contributed by atoms with van der Waals surface area (Å²) in [7, 11) is -3.55. The van der Waals surface area contributed by atoms with Gasteiger partial charge in [-0.05, 0) is 48.6 Å². The van der Waals surface area contributed by atoms with Crippen molar-refractivity contribution in [1.29, 1.82) is 0 Å². The molecular weight excluding hydrogens is 376 g/mol. The average Bonchev–Trinajstić information content (AvgIpc) is 2.61. The molecule has 7 heteroatoms. The Morgan fingerprint density at radius 1 is 1.21 bits per heavy atom. The number of benzene rings is 2. The number of para-hydroxylation sites is 1. The summed E-state index contributed by atoms with van der Waals surface area (Å²) >= 11 is 0. The third-order valence-electron chi connectivity index (χ3n) is 4.85. The molecule has 0 unspecified atom stereocenters. The number of nitrogens with zero attached hydrogens (tertiary/aromatic N) is 1. The quantitative estimate of drug-likeness (QED) is 0.848. The summed E-state index contributed by atoms with van der Waals surface area (Å²) in [6, 6.07) is 11.2. The number of anilines is 2. The van der Waals surface area contributed by atoms with Gasteiger partial charge in [0.25, 0.3) is 5.91 Å². The molecule has 1 heterocycles. The van der Waals surface area contributed by atoms with Gasteiger partial charge in [-0.1, -0.05) is 38.1 Å². The van der Waals surface area contributed by atoms with E-state index in [0.29, 0.717) is 11.4 Å². The minimum absolute atomic E-state index is 0.0655. The smallest absolute Gasteiger partial charge is 0.267 e. The van der Waals surface area contributed by atoms with E-state index in [1.807, 2.05) is 38.1 Å². The maximum Gasteiger partial charge on any atom is 0.267 e. The van der Waals surface area contributed by atoms with E-state index >= 15 is 0 Å². The third kappa shape index (κ3) is 3.99. The first-order chi connectivity index (χ1) is 13.1. The van der Waals surface area contributed by atoms with E-state index in [-0.39, 0.29) is 18.4 Å². The first-order valence-corrected chi connectivity index (χ1v) is 11.1. The van der Waals surface area contributed by atoms with Crippen LogP contribution in [0.4, 0.5) is 11.4 Å². The van der Waals surface area contributed by atoms with Crippen molar-refractivity contribution >= 4 is 27.3 Å². The van der Waals surface area contributed by atoms with Crippen molar-refractivity contribution in [3.8, 4) is 5.75 Å². The number of sulfonamides is 1. The van der Waals surface area contributed by atoms with Crippen LogP contribution in [-0.4, -0.2) is 33.2 Å². The molecule has 0 saturated heterocycles. The van der Waals surface area contributed by atoms with Crippen LogP contribution in [0.1, 0.15) is 36.5 Å². The van der Waals surface area contributed by atoms with E-state index in [1.165, 1.54) is 4.31 Å². The lowest BCUT2D eigenvalue weighted by atomic mass is 9.98. The van der Waals surface area contributed by atoms with Crippen LogP contribution in [0.3, 0.4) is 0 Å². The van der Waals surface area contributed by atoms with E-state index in [0.717, 1.165) is 28.6 Å². The van der Waals surface area contributed by atoms with Crippen molar-refractivity contribution in [3.05, 3.63) is 53.1 Å². The Bertz CT molecular complexity index is 1020. The van der Waals surface area contributed by atoms with Crippen LogP contribution >= 0.6 is 0 Å². The number of carbonyl (C=O) groups excluding carboxylic acids is 1. The fourth-order valence-electron chi connectivity index (χ4n) is 3.36. The molecule has 0 spiro atoms. The van der Waals surface area contributed by atoms with Crippen molar-refractivity contribution in [2.75, 3.05) is 22.4 Å². The van der Waals surface area contributed by atoms with Gasteiger partial charge in [-0.3, -0.25) is 9.10 Å². The highest BCUT2D eigenvalue weighted by Crippen LogP contribution is 2.36. The number of ether oxygens (including phenoxy) is 1. The predicted molar refractivity (Wildman–Crippen MR) is 112 cm³/mol. The largest absolute Gasteiger partial charge is 0.476 e. The highest BCUT2D eigenvalue weighted by molar-refractivity contribution is 7.92. The van der Waals surface area contributed by atoms with Gasteiger partial charge < -0.3 is 10.1 Å². The van der Waals surface area contributed by atoms with Crippen LogP contribution in [-0.2, 0) is 14.8 Å². The second-order valence-electron chi connectivity index (χ2n) is 7.55. The summed E-state index contributed by atoms with van der Waals surface area (Å²) in [4.78, 5) is 13.0. The zero-order valence-corrected chi connectivity index (χ0v) is 17.6. The van der Waals surface area contributed by atoms with E-state index in [4.69, 9.17) is 4.74 Å². The van der Waals surface area contributed by atoms with Gasteiger partial charge in [-0.15, -0.1) is 0 Å². The molecule has 0 bridgehead atoms. The first-order valence-electron chi connectivity index (χ1n) is 9.23. The summed E-state index contributed by atoms with van der Waals surface area (Å²) in [6.45, 7) is 7.87. The molecule has 1 aliphatic heterocycles. The third-order valence-corrected chi connectivity index (χ3v) is 6.00. The fourth-order valence-corrected chi connectivity index (χ4v) is 4.26. The van der Waals surface area contributed by atoms with Crippen LogP contribution in [0.2, 0.25) is 0 Å².